The Balaban J connectivity index is 0.000000251. The smallest absolute Gasteiger partial charge is 0.259 e. The molecule has 0 radical (unpaired) electrons. The number of benzene rings is 2. The average Bonchev–Trinajstić information content (AvgIpc) is 3.88. The third kappa shape index (κ3) is 12.5. The molecule has 2 amide bonds. The lowest BCUT2D eigenvalue weighted by molar-refractivity contribution is -0.114. The lowest BCUT2D eigenvalue weighted by atomic mass is 9.85. The highest BCUT2D eigenvalue weighted by atomic mass is 16.3. The number of imidazole rings is 1. The Bertz CT molecular complexity index is 2140. The van der Waals surface area contributed by atoms with Crippen LogP contribution in [0.15, 0.2) is 107 Å². The van der Waals surface area contributed by atoms with E-state index in [2.05, 4.69) is 109 Å². The number of amides is 2. The van der Waals surface area contributed by atoms with Crippen LogP contribution in [0.2, 0.25) is 0 Å². The van der Waals surface area contributed by atoms with Gasteiger partial charge in [0.05, 0.1) is 28.9 Å². The molecule has 61 heavy (non-hydrogen) atoms. The molecule has 1 fully saturated rings. The van der Waals surface area contributed by atoms with Gasteiger partial charge in [0.1, 0.15) is 5.82 Å². The van der Waals surface area contributed by atoms with Crippen molar-refractivity contribution in [2.75, 3.05) is 42.6 Å². The lowest BCUT2D eigenvalue weighted by Gasteiger charge is -2.26. The maximum Gasteiger partial charge on any atom is 0.259 e. The predicted octanol–water partition coefficient (Wildman–Crippen LogP) is 10.7. The van der Waals surface area contributed by atoms with Crippen molar-refractivity contribution in [2.24, 2.45) is 22.7 Å². The van der Waals surface area contributed by atoms with Crippen molar-refractivity contribution in [3.63, 3.8) is 0 Å². The molecule has 328 valence electrons. The molecule has 1 saturated heterocycles. The van der Waals surface area contributed by atoms with Gasteiger partial charge < -0.3 is 30.5 Å². The fraction of sp³-hybridized carbons (Fsp3) is 0.451. The van der Waals surface area contributed by atoms with Crippen LogP contribution in [0.1, 0.15) is 105 Å². The van der Waals surface area contributed by atoms with E-state index in [1.165, 1.54) is 12.1 Å². The summed E-state index contributed by atoms with van der Waals surface area (Å²) in [5.74, 6) is 1.54. The van der Waals surface area contributed by atoms with Crippen molar-refractivity contribution in [3.05, 3.63) is 113 Å². The lowest BCUT2D eigenvalue weighted by Crippen LogP contribution is -2.28. The van der Waals surface area contributed by atoms with Crippen molar-refractivity contribution < 1.29 is 14.7 Å². The van der Waals surface area contributed by atoms with E-state index < -0.39 is 0 Å². The van der Waals surface area contributed by atoms with Crippen LogP contribution in [0, 0.1) is 24.7 Å². The summed E-state index contributed by atoms with van der Waals surface area (Å²) < 4.78 is 0. The van der Waals surface area contributed by atoms with Gasteiger partial charge in [0, 0.05) is 66.5 Å². The molecule has 0 saturated carbocycles. The maximum absolute atomic E-state index is 12.5. The zero-order valence-corrected chi connectivity index (χ0v) is 38.2. The fourth-order valence-corrected chi connectivity index (χ4v) is 8.04. The van der Waals surface area contributed by atoms with E-state index in [1.807, 2.05) is 64.2 Å². The summed E-state index contributed by atoms with van der Waals surface area (Å²) in [6, 6.07) is 12.7. The van der Waals surface area contributed by atoms with Gasteiger partial charge >= 0.3 is 0 Å². The molecule has 2 aromatic carbocycles. The van der Waals surface area contributed by atoms with Gasteiger partial charge in [-0.1, -0.05) is 104 Å². The van der Waals surface area contributed by atoms with Crippen LogP contribution in [-0.2, 0) is 9.59 Å². The Hall–Kier alpha value is -5.48. The molecule has 3 aromatic rings. The van der Waals surface area contributed by atoms with E-state index in [1.54, 1.807) is 0 Å². The molecule has 3 atom stereocenters. The number of aliphatic imine (C=N–C) groups is 1. The van der Waals surface area contributed by atoms with Crippen molar-refractivity contribution in [2.45, 2.75) is 101 Å². The van der Waals surface area contributed by atoms with Gasteiger partial charge in [0.2, 0.25) is 6.41 Å². The van der Waals surface area contributed by atoms with E-state index in [-0.39, 0.29) is 24.3 Å². The monoisotopic (exact) mass is 830 g/mol. The van der Waals surface area contributed by atoms with E-state index >= 15 is 0 Å². The number of aryl methyl sites for hydroxylation is 1. The van der Waals surface area contributed by atoms with Crippen molar-refractivity contribution in [3.8, 4) is 0 Å². The van der Waals surface area contributed by atoms with Crippen LogP contribution >= 0.6 is 0 Å². The number of aliphatic hydroxyl groups is 1. The number of nitrogens with zero attached hydrogens (tertiary/aromatic N) is 4. The molecule has 7 rings (SSSR count). The van der Waals surface area contributed by atoms with E-state index in [0.717, 1.165) is 115 Å². The number of H-pyrrole nitrogens is 1. The standard InChI is InChI=1S/C26H37N3O2.C21H22N4O.2C2H6/c1-5-7-15-29(16-17-30)22-14-13-20(3)26(18-22)28-24(6-2)21(4)23-11-9-8-10-12-25(23)27-19-31;1-13-9-10-25(12-13)14-7-8-17-18(11-14)23-20(22-17)19-15-5-3-2-4-6-16(15)24-21(19)26;2*1-2/h8-14,18-19,21,23,30H,5-7,15-17H2,1-4H3,(H,27,31);2,4,6-8,11,13H,3,5,9-10,12H2,1H3,(H,22,23)(H,24,26);2*1-2H3. The van der Waals surface area contributed by atoms with Crippen LogP contribution < -0.4 is 20.4 Å². The molecule has 0 bridgehead atoms. The molecule has 10 nitrogen and oxygen atoms in total. The first kappa shape index (κ1) is 48.2. The molecule has 2 aliphatic heterocycles. The number of hydrogen-bond acceptors (Lipinski definition) is 7. The summed E-state index contributed by atoms with van der Waals surface area (Å²) in [5, 5.41) is 15.3. The van der Waals surface area contributed by atoms with E-state index in [4.69, 9.17) is 9.98 Å². The van der Waals surface area contributed by atoms with E-state index in [9.17, 15) is 14.7 Å². The van der Waals surface area contributed by atoms with Crippen LogP contribution in [0.25, 0.3) is 16.6 Å². The largest absolute Gasteiger partial charge is 0.395 e. The Kier molecular flexibility index (Phi) is 19.5. The first-order chi connectivity index (χ1) is 29.7. The minimum atomic E-state index is -0.0609. The van der Waals surface area contributed by atoms with Gasteiger partial charge in [-0.3, -0.25) is 14.6 Å². The van der Waals surface area contributed by atoms with Gasteiger partial charge in [-0.2, -0.15) is 0 Å². The minimum absolute atomic E-state index is 0.0535. The normalized spacial score (nSPS) is 18.6. The third-order valence-corrected chi connectivity index (χ3v) is 11.4. The number of anilines is 2. The highest BCUT2D eigenvalue weighted by Crippen LogP contribution is 2.35. The average molecular weight is 830 g/mol. The second-order valence-corrected chi connectivity index (χ2v) is 15.4. The predicted molar refractivity (Wildman–Crippen MR) is 257 cm³/mol. The molecule has 10 heteroatoms. The fourth-order valence-electron chi connectivity index (χ4n) is 8.04. The Morgan fingerprint density at radius 1 is 1.07 bits per heavy atom. The molecule has 4 N–H and O–H groups in total. The van der Waals surface area contributed by atoms with Gasteiger partial charge in [-0.05, 0) is 98.6 Å². The number of nitrogens with one attached hydrogen (secondary N) is 3. The third-order valence-electron chi connectivity index (χ3n) is 11.4. The van der Waals surface area contributed by atoms with Crippen LogP contribution in [0.4, 0.5) is 17.1 Å². The molecule has 3 unspecified atom stereocenters. The Morgan fingerprint density at radius 2 is 1.87 bits per heavy atom. The molecule has 1 aromatic heterocycles. The number of hydrogen-bond donors (Lipinski definition) is 4. The Morgan fingerprint density at radius 3 is 2.57 bits per heavy atom. The van der Waals surface area contributed by atoms with Crippen LogP contribution in [-0.4, -0.2) is 65.9 Å². The number of aromatic amines is 1. The zero-order valence-electron chi connectivity index (χ0n) is 38.2. The van der Waals surface area contributed by atoms with Gasteiger partial charge in [-0.15, -0.1) is 0 Å². The van der Waals surface area contributed by atoms with E-state index in [0.29, 0.717) is 17.9 Å². The summed E-state index contributed by atoms with van der Waals surface area (Å²) in [6.07, 6.45) is 22.9. The summed E-state index contributed by atoms with van der Waals surface area (Å²) in [6.45, 7) is 22.7. The summed E-state index contributed by atoms with van der Waals surface area (Å²) >= 11 is 0. The molecule has 2 aliphatic carbocycles. The summed E-state index contributed by atoms with van der Waals surface area (Å²) in [5.41, 5.74) is 10.9. The number of carbonyl (C=O) groups excluding carboxylic acids is 2. The molecular weight excluding hydrogens is 759 g/mol. The quantitative estimate of drug-likeness (QED) is 0.0947. The number of fused-ring (bicyclic) bond motifs is 2. The summed E-state index contributed by atoms with van der Waals surface area (Å²) in [4.78, 5) is 41.5. The first-order valence-electron chi connectivity index (χ1n) is 22.7. The topological polar surface area (TPSA) is 126 Å². The molecule has 4 aliphatic rings. The van der Waals surface area contributed by atoms with Gasteiger partial charge in [0.15, 0.2) is 0 Å². The number of unbranched alkanes of at least 4 members (excludes halogenated alkanes) is 1. The van der Waals surface area contributed by atoms with Crippen molar-refractivity contribution in [1.82, 2.24) is 20.6 Å². The van der Waals surface area contributed by atoms with Crippen molar-refractivity contribution >= 4 is 51.7 Å². The van der Waals surface area contributed by atoms with Crippen LogP contribution in [0.5, 0.6) is 0 Å². The number of rotatable bonds is 14. The Labute approximate surface area is 365 Å². The van der Waals surface area contributed by atoms with Gasteiger partial charge in [0.25, 0.3) is 5.91 Å². The number of aromatic nitrogens is 2. The minimum Gasteiger partial charge on any atom is -0.395 e. The molecule has 0 spiro atoms. The first-order valence-corrected chi connectivity index (χ1v) is 22.7. The molecule has 3 heterocycles. The number of carbonyl (C=O) groups is 2. The SMILES string of the molecule is CC.CC.CC1CCN(c2ccc3nc(C4=C5CCC=CC=C5NC4=O)[nH]c3c2)C1.CCCCN(CCO)c1ccc(C)c(N=C(CC)C(C)C2C=CC=CC=C2NC=O)c1. The molecular formula is C51H71N7O3. The number of aliphatic hydroxyl groups excluding tert-OH is 1. The highest BCUT2D eigenvalue weighted by Gasteiger charge is 2.30. The van der Waals surface area contributed by atoms with Crippen molar-refractivity contribution in [1.29, 1.82) is 0 Å². The number of allylic oxidation sites excluding steroid dienone is 9. The maximum atomic E-state index is 12.5. The zero-order chi connectivity index (χ0) is 44.3. The van der Waals surface area contributed by atoms with Crippen LogP contribution in [0.3, 0.4) is 0 Å². The second-order valence-electron chi connectivity index (χ2n) is 15.4. The summed E-state index contributed by atoms with van der Waals surface area (Å²) in [7, 11) is 0. The van der Waals surface area contributed by atoms with Gasteiger partial charge in [-0.25, -0.2) is 4.98 Å². The highest BCUT2D eigenvalue weighted by molar-refractivity contribution is 6.24. The second kappa shape index (κ2) is 24.7.